The zero-order chi connectivity index (χ0) is 20.9. The number of ether oxygens (including phenoxy) is 1. The molecule has 156 valence electrons. The molecule has 0 radical (unpaired) electrons. The Morgan fingerprint density at radius 3 is 2.38 bits per heavy atom. The number of unbranched alkanes of at least 4 members (excludes halogenated alkanes) is 1. The van der Waals surface area contributed by atoms with Gasteiger partial charge in [-0.15, -0.1) is 0 Å². The molecule has 2 aromatic carbocycles. The Labute approximate surface area is 173 Å². The lowest BCUT2D eigenvalue weighted by atomic mass is 9.68. The molecule has 1 fully saturated rings. The van der Waals surface area contributed by atoms with E-state index in [2.05, 4.69) is 12.2 Å². The molecular formula is C25H32FNO2. The number of hydrogen-bond donors (Lipinski definition) is 1. The molecule has 0 saturated heterocycles. The van der Waals surface area contributed by atoms with Crippen LogP contribution in [0.1, 0.15) is 68.6 Å². The maximum absolute atomic E-state index is 14.7. The monoisotopic (exact) mass is 397 g/mol. The van der Waals surface area contributed by atoms with Gasteiger partial charge in [0, 0.05) is 11.3 Å². The second-order valence-electron chi connectivity index (χ2n) is 8.22. The first-order chi connectivity index (χ1) is 14.0. The van der Waals surface area contributed by atoms with E-state index in [1.807, 2.05) is 32.0 Å². The van der Waals surface area contributed by atoms with Crippen molar-refractivity contribution in [2.24, 2.45) is 0 Å². The van der Waals surface area contributed by atoms with E-state index in [0.29, 0.717) is 25.0 Å². The van der Waals surface area contributed by atoms with Crippen LogP contribution in [0.15, 0.2) is 36.4 Å². The normalized spacial score (nSPS) is 15.7. The van der Waals surface area contributed by atoms with Crippen molar-refractivity contribution in [3.63, 3.8) is 0 Å². The summed E-state index contributed by atoms with van der Waals surface area (Å²) in [4.78, 5) is 13.5. The SMILES string of the molecule is CCCCOc1c(C)cc(NC(=O)C2(c3ccccc3F)CCCCC2)cc1C. The molecule has 1 amide bonds. The summed E-state index contributed by atoms with van der Waals surface area (Å²) in [7, 11) is 0. The number of amides is 1. The largest absolute Gasteiger partial charge is 0.493 e. The minimum atomic E-state index is -0.804. The van der Waals surface area contributed by atoms with Crippen LogP contribution in [0.3, 0.4) is 0 Å². The summed E-state index contributed by atoms with van der Waals surface area (Å²) in [6.45, 7) is 6.83. The van der Waals surface area contributed by atoms with Crippen molar-refractivity contribution in [3.8, 4) is 5.75 Å². The van der Waals surface area contributed by atoms with E-state index in [-0.39, 0.29) is 11.7 Å². The maximum Gasteiger partial charge on any atom is 0.235 e. The molecule has 0 heterocycles. The number of halogens is 1. The molecule has 0 aliphatic heterocycles. The van der Waals surface area contributed by atoms with Crippen molar-refractivity contribution in [1.29, 1.82) is 0 Å². The van der Waals surface area contributed by atoms with Crippen molar-refractivity contribution in [2.45, 2.75) is 71.1 Å². The molecule has 0 unspecified atom stereocenters. The number of benzene rings is 2. The third kappa shape index (κ3) is 4.63. The minimum Gasteiger partial charge on any atom is -0.493 e. The van der Waals surface area contributed by atoms with Crippen molar-refractivity contribution in [1.82, 2.24) is 0 Å². The molecule has 2 aromatic rings. The maximum atomic E-state index is 14.7. The van der Waals surface area contributed by atoms with Crippen LogP contribution < -0.4 is 10.1 Å². The van der Waals surface area contributed by atoms with Crippen LogP contribution in [0.5, 0.6) is 5.75 Å². The summed E-state index contributed by atoms with van der Waals surface area (Å²) < 4.78 is 20.6. The molecule has 1 aliphatic carbocycles. The zero-order valence-electron chi connectivity index (χ0n) is 17.8. The number of aryl methyl sites for hydroxylation is 2. The van der Waals surface area contributed by atoms with Crippen molar-refractivity contribution >= 4 is 11.6 Å². The number of rotatable bonds is 7. The number of hydrogen-bond acceptors (Lipinski definition) is 2. The van der Waals surface area contributed by atoms with Crippen LogP contribution >= 0.6 is 0 Å². The predicted octanol–water partition coefficient (Wildman–Crippen LogP) is 6.46. The fraction of sp³-hybridized carbons (Fsp3) is 0.480. The van der Waals surface area contributed by atoms with Gasteiger partial charge in [-0.3, -0.25) is 4.79 Å². The van der Waals surface area contributed by atoms with Gasteiger partial charge in [-0.25, -0.2) is 4.39 Å². The Bertz CT molecular complexity index is 833. The van der Waals surface area contributed by atoms with Gasteiger partial charge < -0.3 is 10.1 Å². The van der Waals surface area contributed by atoms with Gasteiger partial charge in [0.25, 0.3) is 0 Å². The van der Waals surface area contributed by atoms with Crippen molar-refractivity contribution < 1.29 is 13.9 Å². The molecule has 0 bridgehead atoms. The molecule has 3 rings (SSSR count). The lowest BCUT2D eigenvalue weighted by Crippen LogP contribution is -2.42. The third-order valence-electron chi connectivity index (χ3n) is 5.99. The van der Waals surface area contributed by atoms with Gasteiger partial charge in [-0.1, -0.05) is 50.8 Å². The molecule has 0 aromatic heterocycles. The van der Waals surface area contributed by atoms with Gasteiger partial charge in [0.2, 0.25) is 5.91 Å². The Morgan fingerprint density at radius 1 is 1.10 bits per heavy atom. The smallest absolute Gasteiger partial charge is 0.235 e. The first-order valence-corrected chi connectivity index (χ1v) is 10.8. The highest BCUT2D eigenvalue weighted by Crippen LogP contribution is 2.42. The third-order valence-corrected chi connectivity index (χ3v) is 5.99. The molecule has 3 nitrogen and oxygen atoms in total. The summed E-state index contributed by atoms with van der Waals surface area (Å²) in [5, 5.41) is 3.09. The van der Waals surface area contributed by atoms with Crippen molar-refractivity contribution in [3.05, 3.63) is 58.9 Å². The van der Waals surface area contributed by atoms with Gasteiger partial charge in [0.1, 0.15) is 11.6 Å². The summed E-state index contributed by atoms with van der Waals surface area (Å²) in [6.07, 6.45) is 6.41. The molecule has 1 saturated carbocycles. The van der Waals surface area contributed by atoms with Gasteiger partial charge >= 0.3 is 0 Å². The van der Waals surface area contributed by atoms with Gasteiger partial charge in [0.05, 0.1) is 12.0 Å². The second-order valence-corrected chi connectivity index (χ2v) is 8.22. The lowest BCUT2D eigenvalue weighted by Gasteiger charge is -2.36. The fourth-order valence-electron chi connectivity index (χ4n) is 4.44. The number of carbonyl (C=O) groups excluding carboxylic acids is 1. The quantitative estimate of drug-likeness (QED) is 0.544. The van der Waals surface area contributed by atoms with Crippen LogP contribution in [0.4, 0.5) is 10.1 Å². The summed E-state index contributed by atoms with van der Waals surface area (Å²) in [5.41, 5.74) is 2.46. The van der Waals surface area contributed by atoms with Crippen LogP contribution in [0, 0.1) is 19.7 Å². The fourth-order valence-corrected chi connectivity index (χ4v) is 4.44. The van der Waals surface area contributed by atoms with Crippen LogP contribution in [0.2, 0.25) is 0 Å². The predicted molar refractivity (Wildman–Crippen MR) is 116 cm³/mol. The average molecular weight is 398 g/mol. The average Bonchev–Trinajstić information content (AvgIpc) is 2.71. The Morgan fingerprint density at radius 2 is 1.76 bits per heavy atom. The zero-order valence-corrected chi connectivity index (χ0v) is 17.8. The summed E-state index contributed by atoms with van der Waals surface area (Å²) >= 11 is 0. The van der Waals surface area contributed by atoms with E-state index >= 15 is 0 Å². The number of carbonyl (C=O) groups is 1. The van der Waals surface area contributed by atoms with E-state index < -0.39 is 5.41 Å². The topological polar surface area (TPSA) is 38.3 Å². The van der Waals surface area contributed by atoms with Gasteiger partial charge in [0.15, 0.2) is 0 Å². The van der Waals surface area contributed by atoms with E-state index in [4.69, 9.17) is 4.74 Å². The minimum absolute atomic E-state index is 0.110. The first kappa shape index (κ1) is 21.4. The lowest BCUT2D eigenvalue weighted by molar-refractivity contribution is -0.122. The molecule has 29 heavy (non-hydrogen) atoms. The van der Waals surface area contributed by atoms with Crippen molar-refractivity contribution in [2.75, 3.05) is 11.9 Å². The highest BCUT2D eigenvalue weighted by atomic mass is 19.1. The van der Waals surface area contributed by atoms with Crippen LogP contribution in [-0.2, 0) is 10.2 Å². The molecule has 4 heteroatoms. The molecule has 0 atom stereocenters. The van der Waals surface area contributed by atoms with E-state index in [1.165, 1.54) is 6.07 Å². The number of nitrogens with one attached hydrogen (secondary N) is 1. The molecular weight excluding hydrogens is 365 g/mol. The Hall–Kier alpha value is -2.36. The Balaban J connectivity index is 1.86. The Kier molecular flexibility index (Phi) is 6.94. The van der Waals surface area contributed by atoms with Crippen LogP contribution in [-0.4, -0.2) is 12.5 Å². The molecule has 0 spiro atoms. The van der Waals surface area contributed by atoms with Gasteiger partial charge in [-0.05, 0) is 62.4 Å². The summed E-state index contributed by atoms with van der Waals surface area (Å²) in [5.74, 6) is 0.482. The number of anilines is 1. The van der Waals surface area contributed by atoms with Crippen LogP contribution in [0.25, 0.3) is 0 Å². The molecule has 1 aliphatic rings. The van der Waals surface area contributed by atoms with E-state index in [1.54, 1.807) is 12.1 Å². The standard InChI is InChI=1S/C25H32FNO2/c1-4-5-15-29-23-18(2)16-20(17-19(23)3)27-24(28)25(13-9-6-10-14-25)21-11-7-8-12-22(21)26/h7-8,11-12,16-17H,4-6,9-10,13-15H2,1-3H3,(H,27,28). The highest BCUT2D eigenvalue weighted by molar-refractivity contribution is 5.99. The highest BCUT2D eigenvalue weighted by Gasteiger charge is 2.42. The van der Waals surface area contributed by atoms with E-state index in [0.717, 1.165) is 54.7 Å². The first-order valence-electron chi connectivity index (χ1n) is 10.8. The van der Waals surface area contributed by atoms with Gasteiger partial charge in [-0.2, -0.15) is 0 Å². The summed E-state index contributed by atoms with van der Waals surface area (Å²) in [6, 6.07) is 10.6. The molecule has 1 N–H and O–H groups in total. The second kappa shape index (κ2) is 9.43. The van der Waals surface area contributed by atoms with E-state index in [9.17, 15) is 9.18 Å².